The van der Waals surface area contributed by atoms with Crippen LogP contribution >= 0.6 is 15.9 Å². The third-order valence-electron chi connectivity index (χ3n) is 3.51. The van der Waals surface area contributed by atoms with E-state index in [1.807, 2.05) is 26.0 Å². The maximum atomic E-state index is 12.4. The Kier molecular flexibility index (Phi) is 2.98. The van der Waals surface area contributed by atoms with E-state index in [1.54, 1.807) is 24.3 Å². The monoisotopic (exact) mass is 329 g/mol. The Bertz CT molecular complexity index is 717. The molecule has 3 nitrogen and oxygen atoms in total. The number of aryl methyl sites for hydroxylation is 2. The number of carbonyl (C=O) groups is 2. The van der Waals surface area contributed by atoms with Crippen LogP contribution in [0.5, 0.6) is 0 Å². The van der Waals surface area contributed by atoms with Gasteiger partial charge >= 0.3 is 0 Å². The van der Waals surface area contributed by atoms with Gasteiger partial charge in [-0.15, -0.1) is 0 Å². The SMILES string of the molecule is Cc1cc(N2C(=O)c3ccccc3C2=O)c(C)cc1Br. The molecule has 1 aliphatic rings. The number of carbonyl (C=O) groups excluding carboxylic acids is 2. The first kappa shape index (κ1) is 13.1. The van der Waals surface area contributed by atoms with Gasteiger partial charge in [0.15, 0.2) is 0 Å². The van der Waals surface area contributed by atoms with Crippen LogP contribution in [0.4, 0.5) is 5.69 Å². The Hall–Kier alpha value is -1.94. The molecule has 3 rings (SSSR count). The average Bonchev–Trinajstić information content (AvgIpc) is 2.68. The van der Waals surface area contributed by atoms with Gasteiger partial charge in [-0.05, 0) is 49.2 Å². The van der Waals surface area contributed by atoms with Crippen LogP contribution in [0.2, 0.25) is 0 Å². The Morgan fingerprint density at radius 1 is 0.900 bits per heavy atom. The molecule has 4 heteroatoms. The molecule has 0 unspecified atom stereocenters. The number of hydrogen-bond donors (Lipinski definition) is 0. The minimum Gasteiger partial charge on any atom is -0.268 e. The third-order valence-corrected chi connectivity index (χ3v) is 4.37. The summed E-state index contributed by atoms with van der Waals surface area (Å²) in [7, 11) is 0. The van der Waals surface area contributed by atoms with Crippen molar-refractivity contribution in [2.75, 3.05) is 4.90 Å². The zero-order valence-electron chi connectivity index (χ0n) is 11.1. The number of rotatable bonds is 1. The summed E-state index contributed by atoms with van der Waals surface area (Å²) in [4.78, 5) is 26.2. The molecule has 0 N–H and O–H groups in total. The van der Waals surface area contributed by atoms with E-state index < -0.39 is 0 Å². The fraction of sp³-hybridized carbons (Fsp3) is 0.125. The van der Waals surface area contributed by atoms with Gasteiger partial charge in [-0.2, -0.15) is 0 Å². The predicted molar refractivity (Wildman–Crippen MR) is 81.2 cm³/mol. The van der Waals surface area contributed by atoms with E-state index in [4.69, 9.17) is 0 Å². The summed E-state index contributed by atoms with van der Waals surface area (Å²) in [6, 6.07) is 10.7. The Labute approximate surface area is 125 Å². The minimum absolute atomic E-state index is 0.254. The molecule has 100 valence electrons. The second-order valence-corrected chi connectivity index (χ2v) is 5.73. The van der Waals surface area contributed by atoms with Gasteiger partial charge in [0.1, 0.15) is 0 Å². The Morgan fingerprint density at radius 3 is 2.00 bits per heavy atom. The van der Waals surface area contributed by atoms with Crippen molar-refractivity contribution in [1.82, 2.24) is 0 Å². The molecular weight excluding hydrogens is 318 g/mol. The van der Waals surface area contributed by atoms with Gasteiger partial charge in [0.05, 0.1) is 16.8 Å². The molecule has 0 atom stereocenters. The number of hydrogen-bond acceptors (Lipinski definition) is 2. The van der Waals surface area contributed by atoms with Crippen molar-refractivity contribution in [3.63, 3.8) is 0 Å². The fourth-order valence-corrected chi connectivity index (χ4v) is 2.87. The summed E-state index contributed by atoms with van der Waals surface area (Å²) < 4.78 is 0.968. The normalized spacial score (nSPS) is 13.8. The molecule has 0 bridgehead atoms. The smallest absolute Gasteiger partial charge is 0.266 e. The van der Waals surface area contributed by atoms with Crippen LogP contribution < -0.4 is 4.90 Å². The van der Waals surface area contributed by atoms with Crippen molar-refractivity contribution < 1.29 is 9.59 Å². The van der Waals surface area contributed by atoms with E-state index in [0.717, 1.165) is 15.6 Å². The van der Waals surface area contributed by atoms with Crippen LogP contribution in [0.1, 0.15) is 31.8 Å². The lowest BCUT2D eigenvalue weighted by Crippen LogP contribution is -2.30. The highest BCUT2D eigenvalue weighted by molar-refractivity contribution is 9.10. The largest absolute Gasteiger partial charge is 0.268 e. The maximum Gasteiger partial charge on any atom is 0.266 e. The summed E-state index contributed by atoms with van der Waals surface area (Å²) in [5.74, 6) is -0.508. The first-order chi connectivity index (χ1) is 9.50. The Morgan fingerprint density at radius 2 is 1.45 bits per heavy atom. The number of imide groups is 1. The molecular formula is C16H12BrNO2. The van der Waals surface area contributed by atoms with Crippen LogP contribution in [-0.2, 0) is 0 Å². The molecule has 0 saturated carbocycles. The number of anilines is 1. The van der Waals surface area contributed by atoms with Gasteiger partial charge in [-0.25, -0.2) is 4.90 Å². The molecule has 0 spiro atoms. The summed E-state index contributed by atoms with van der Waals surface area (Å²) in [5, 5.41) is 0. The van der Waals surface area contributed by atoms with Gasteiger partial charge in [0, 0.05) is 4.47 Å². The third kappa shape index (κ3) is 1.79. The van der Waals surface area contributed by atoms with E-state index in [9.17, 15) is 9.59 Å². The summed E-state index contributed by atoms with van der Waals surface area (Å²) in [6.45, 7) is 3.83. The van der Waals surface area contributed by atoms with E-state index in [0.29, 0.717) is 16.8 Å². The Balaban J connectivity index is 2.17. The summed E-state index contributed by atoms with van der Waals surface area (Å²) >= 11 is 3.46. The average molecular weight is 330 g/mol. The predicted octanol–water partition coefficient (Wildman–Crippen LogP) is 3.87. The highest BCUT2D eigenvalue weighted by Gasteiger charge is 2.37. The molecule has 0 fully saturated rings. The maximum absolute atomic E-state index is 12.4. The van der Waals surface area contributed by atoms with Crippen LogP contribution in [0.3, 0.4) is 0 Å². The standard InChI is InChI=1S/C16H12BrNO2/c1-9-8-14(10(2)7-13(9)17)18-15(19)11-5-3-4-6-12(11)16(18)20/h3-8H,1-2H3. The zero-order valence-corrected chi connectivity index (χ0v) is 12.7. The lowest BCUT2D eigenvalue weighted by Gasteiger charge is -2.18. The van der Waals surface area contributed by atoms with Crippen molar-refractivity contribution in [1.29, 1.82) is 0 Å². The van der Waals surface area contributed by atoms with Crippen LogP contribution in [0.15, 0.2) is 40.9 Å². The van der Waals surface area contributed by atoms with E-state index >= 15 is 0 Å². The van der Waals surface area contributed by atoms with Crippen LogP contribution in [-0.4, -0.2) is 11.8 Å². The lowest BCUT2D eigenvalue weighted by atomic mass is 10.1. The van der Waals surface area contributed by atoms with Crippen molar-refractivity contribution in [2.24, 2.45) is 0 Å². The number of benzene rings is 2. The summed E-state index contributed by atoms with van der Waals surface area (Å²) in [6.07, 6.45) is 0. The topological polar surface area (TPSA) is 37.4 Å². The summed E-state index contributed by atoms with van der Waals surface area (Å²) in [5.41, 5.74) is 3.46. The molecule has 0 aromatic heterocycles. The number of amides is 2. The number of halogens is 1. The van der Waals surface area contributed by atoms with Gasteiger partial charge in [0.25, 0.3) is 11.8 Å². The molecule has 2 aromatic carbocycles. The quantitative estimate of drug-likeness (QED) is 0.745. The van der Waals surface area contributed by atoms with Crippen LogP contribution in [0, 0.1) is 13.8 Å². The van der Waals surface area contributed by atoms with Crippen LogP contribution in [0.25, 0.3) is 0 Å². The second-order valence-electron chi connectivity index (χ2n) is 4.88. The highest BCUT2D eigenvalue weighted by Crippen LogP contribution is 2.33. The van der Waals surface area contributed by atoms with Crippen molar-refractivity contribution in [3.8, 4) is 0 Å². The molecule has 0 aliphatic carbocycles. The van der Waals surface area contributed by atoms with E-state index in [2.05, 4.69) is 15.9 Å². The van der Waals surface area contributed by atoms with E-state index in [-0.39, 0.29) is 11.8 Å². The van der Waals surface area contributed by atoms with Crippen molar-refractivity contribution in [3.05, 3.63) is 63.1 Å². The van der Waals surface area contributed by atoms with Crippen molar-refractivity contribution in [2.45, 2.75) is 13.8 Å². The van der Waals surface area contributed by atoms with Gasteiger partial charge in [0.2, 0.25) is 0 Å². The zero-order chi connectivity index (χ0) is 14.4. The van der Waals surface area contributed by atoms with Gasteiger partial charge < -0.3 is 0 Å². The molecule has 0 radical (unpaired) electrons. The molecule has 1 aliphatic heterocycles. The molecule has 20 heavy (non-hydrogen) atoms. The first-order valence-corrected chi connectivity index (χ1v) is 7.04. The van der Waals surface area contributed by atoms with Gasteiger partial charge in [-0.3, -0.25) is 9.59 Å². The molecule has 1 heterocycles. The number of nitrogens with zero attached hydrogens (tertiary/aromatic N) is 1. The second kappa shape index (κ2) is 4.56. The van der Waals surface area contributed by atoms with E-state index in [1.165, 1.54) is 4.90 Å². The lowest BCUT2D eigenvalue weighted by molar-refractivity contribution is 0.0926. The highest BCUT2D eigenvalue weighted by atomic mass is 79.9. The minimum atomic E-state index is -0.254. The molecule has 2 aromatic rings. The fourth-order valence-electron chi connectivity index (χ4n) is 2.41. The first-order valence-electron chi connectivity index (χ1n) is 6.25. The van der Waals surface area contributed by atoms with Gasteiger partial charge in [-0.1, -0.05) is 28.1 Å². The van der Waals surface area contributed by atoms with Crippen molar-refractivity contribution >= 4 is 33.4 Å². The molecule has 2 amide bonds. The number of fused-ring (bicyclic) bond motifs is 1. The molecule has 0 saturated heterocycles.